The summed E-state index contributed by atoms with van der Waals surface area (Å²) in [5, 5.41) is 13.6. The summed E-state index contributed by atoms with van der Waals surface area (Å²) >= 11 is 0. The van der Waals surface area contributed by atoms with E-state index in [1.807, 2.05) is 0 Å². The van der Waals surface area contributed by atoms with Crippen LogP contribution in [0.3, 0.4) is 0 Å². The molecule has 0 unspecified atom stereocenters. The minimum Gasteiger partial charge on any atom is -0.478 e. The molecule has 0 radical (unpaired) electrons. The third-order valence-corrected chi connectivity index (χ3v) is 2.63. The Bertz CT molecular complexity index is 639. The minimum atomic E-state index is -1.10. The van der Waals surface area contributed by atoms with E-state index in [-0.39, 0.29) is 11.3 Å². The lowest BCUT2D eigenvalue weighted by molar-refractivity contribution is 0.0698. The Kier molecular flexibility index (Phi) is 3.15. The van der Waals surface area contributed by atoms with Crippen molar-refractivity contribution in [3.05, 3.63) is 18.0 Å². The third-order valence-electron chi connectivity index (χ3n) is 2.63. The molecule has 6 heteroatoms. The second kappa shape index (κ2) is 4.75. The highest BCUT2D eigenvalue weighted by molar-refractivity contribution is 6.02. The van der Waals surface area contributed by atoms with Crippen molar-refractivity contribution in [2.75, 3.05) is 5.73 Å². The van der Waals surface area contributed by atoms with Crippen LogP contribution < -0.4 is 5.73 Å². The number of fused-ring (bicyclic) bond motifs is 1. The number of terminal acetylenes is 1. The summed E-state index contributed by atoms with van der Waals surface area (Å²) in [4.78, 5) is 15.0. The van der Waals surface area contributed by atoms with Gasteiger partial charge in [-0.3, -0.25) is 0 Å². The number of anilines is 1. The van der Waals surface area contributed by atoms with E-state index in [9.17, 15) is 4.79 Å². The SMILES string of the molecule is C#CCCCn1ncc2c(N)c(C(=O)O)cnc21. The molecule has 0 amide bonds. The number of aromatic carboxylic acids is 1. The van der Waals surface area contributed by atoms with Gasteiger partial charge in [0, 0.05) is 19.2 Å². The molecule has 6 nitrogen and oxygen atoms in total. The lowest BCUT2D eigenvalue weighted by Crippen LogP contribution is -2.05. The number of aromatic nitrogens is 3. The van der Waals surface area contributed by atoms with Crippen molar-refractivity contribution in [3.8, 4) is 12.3 Å². The van der Waals surface area contributed by atoms with Crippen molar-refractivity contribution in [2.45, 2.75) is 19.4 Å². The number of pyridine rings is 1. The fourth-order valence-corrected chi connectivity index (χ4v) is 1.71. The Balaban J connectivity index is 2.40. The molecule has 2 aromatic heterocycles. The van der Waals surface area contributed by atoms with E-state index in [0.29, 0.717) is 24.0 Å². The second-order valence-electron chi connectivity index (χ2n) is 3.80. The van der Waals surface area contributed by atoms with Crippen LogP contribution in [-0.2, 0) is 6.54 Å². The predicted octanol–water partition coefficient (Wildman–Crippen LogP) is 1.13. The summed E-state index contributed by atoms with van der Waals surface area (Å²) in [7, 11) is 0. The van der Waals surface area contributed by atoms with Gasteiger partial charge in [-0.15, -0.1) is 12.3 Å². The molecule has 18 heavy (non-hydrogen) atoms. The molecule has 92 valence electrons. The number of unbranched alkanes of at least 4 members (excludes halogenated alkanes) is 1. The first kappa shape index (κ1) is 11.9. The molecule has 3 N–H and O–H groups in total. The van der Waals surface area contributed by atoms with Gasteiger partial charge in [0.2, 0.25) is 0 Å². The lowest BCUT2D eigenvalue weighted by Gasteiger charge is -2.03. The molecule has 0 bridgehead atoms. The molecule has 0 fully saturated rings. The van der Waals surface area contributed by atoms with E-state index in [2.05, 4.69) is 16.0 Å². The molecule has 2 heterocycles. The Morgan fingerprint density at radius 2 is 2.33 bits per heavy atom. The van der Waals surface area contributed by atoms with Crippen molar-refractivity contribution < 1.29 is 9.90 Å². The average Bonchev–Trinajstić information content (AvgIpc) is 2.74. The van der Waals surface area contributed by atoms with E-state index in [1.165, 1.54) is 12.4 Å². The average molecular weight is 244 g/mol. The number of carboxylic acids is 1. The van der Waals surface area contributed by atoms with Crippen LogP contribution in [0.5, 0.6) is 0 Å². The van der Waals surface area contributed by atoms with Crippen molar-refractivity contribution in [3.63, 3.8) is 0 Å². The molecule has 0 aliphatic heterocycles. The molecule has 0 saturated carbocycles. The zero-order valence-electron chi connectivity index (χ0n) is 9.63. The summed E-state index contributed by atoms with van der Waals surface area (Å²) in [5.41, 5.74) is 6.54. The lowest BCUT2D eigenvalue weighted by atomic mass is 10.2. The molecule has 0 aliphatic rings. The van der Waals surface area contributed by atoms with Gasteiger partial charge in [-0.2, -0.15) is 5.10 Å². The molecule has 0 aromatic carbocycles. The van der Waals surface area contributed by atoms with Crippen LogP contribution >= 0.6 is 0 Å². The molecule has 2 aromatic rings. The van der Waals surface area contributed by atoms with E-state index >= 15 is 0 Å². The van der Waals surface area contributed by atoms with Gasteiger partial charge in [0.15, 0.2) is 5.65 Å². The van der Waals surface area contributed by atoms with Gasteiger partial charge in [0.05, 0.1) is 17.3 Å². The zero-order chi connectivity index (χ0) is 13.1. The number of aryl methyl sites for hydroxylation is 1. The zero-order valence-corrected chi connectivity index (χ0v) is 9.63. The van der Waals surface area contributed by atoms with Gasteiger partial charge in [-0.25, -0.2) is 14.5 Å². The van der Waals surface area contributed by atoms with Crippen molar-refractivity contribution in [1.82, 2.24) is 14.8 Å². The van der Waals surface area contributed by atoms with Gasteiger partial charge in [0.1, 0.15) is 5.56 Å². The second-order valence-corrected chi connectivity index (χ2v) is 3.80. The highest BCUT2D eigenvalue weighted by atomic mass is 16.4. The maximum Gasteiger partial charge on any atom is 0.339 e. The molecule has 0 aliphatic carbocycles. The normalized spacial score (nSPS) is 10.4. The number of nitrogens with zero attached hydrogens (tertiary/aromatic N) is 3. The van der Waals surface area contributed by atoms with Crippen LogP contribution in [0.1, 0.15) is 23.2 Å². The summed E-state index contributed by atoms with van der Waals surface area (Å²) in [6.45, 7) is 0.632. The molecular formula is C12H12N4O2. The number of carboxylic acid groups (broad SMARTS) is 1. The maximum absolute atomic E-state index is 10.9. The van der Waals surface area contributed by atoms with Crippen LogP contribution in [0.25, 0.3) is 11.0 Å². The Morgan fingerprint density at radius 1 is 1.56 bits per heavy atom. The Labute approximate surface area is 103 Å². The summed E-state index contributed by atoms with van der Waals surface area (Å²) in [6.07, 6.45) is 9.40. The monoisotopic (exact) mass is 244 g/mol. The van der Waals surface area contributed by atoms with Crippen molar-refractivity contribution >= 4 is 22.7 Å². The van der Waals surface area contributed by atoms with Crippen molar-refractivity contribution in [1.29, 1.82) is 0 Å². The van der Waals surface area contributed by atoms with Crippen molar-refractivity contribution in [2.24, 2.45) is 0 Å². The molecule has 0 saturated heterocycles. The minimum absolute atomic E-state index is 0.00863. The molecular weight excluding hydrogens is 232 g/mol. The number of carbonyl (C=O) groups is 1. The number of rotatable bonds is 4. The van der Waals surface area contributed by atoms with E-state index in [4.69, 9.17) is 17.3 Å². The number of nitrogens with two attached hydrogens (primary N) is 1. The predicted molar refractivity (Wildman–Crippen MR) is 67.0 cm³/mol. The smallest absolute Gasteiger partial charge is 0.339 e. The number of hydrogen-bond acceptors (Lipinski definition) is 4. The largest absolute Gasteiger partial charge is 0.478 e. The highest BCUT2D eigenvalue weighted by Crippen LogP contribution is 2.22. The topological polar surface area (TPSA) is 94.0 Å². The van der Waals surface area contributed by atoms with Gasteiger partial charge in [-0.1, -0.05) is 0 Å². The summed E-state index contributed by atoms with van der Waals surface area (Å²) in [5.74, 6) is 1.45. The van der Waals surface area contributed by atoms with Crippen LogP contribution in [0, 0.1) is 12.3 Å². The van der Waals surface area contributed by atoms with Crippen LogP contribution in [0.2, 0.25) is 0 Å². The fraction of sp³-hybridized carbons (Fsp3) is 0.250. The fourth-order valence-electron chi connectivity index (χ4n) is 1.71. The first-order valence-electron chi connectivity index (χ1n) is 5.42. The molecule has 2 rings (SSSR count). The molecule has 0 atom stereocenters. The van der Waals surface area contributed by atoms with Crippen LogP contribution in [0.4, 0.5) is 5.69 Å². The summed E-state index contributed by atoms with van der Waals surface area (Å²) in [6, 6.07) is 0. The third kappa shape index (κ3) is 1.98. The van der Waals surface area contributed by atoms with E-state index in [0.717, 1.165) is 6.42 Å². The van der Waals surface area contributed by atoms with Gasteiger partial charge >= 0.3 is 5.97 Å². The first-order chi connectivity index (χ1) is 8.65. The van der Waals surface area contributed by atoms with Crippen LogP contribution in [0.15, 0.2) is 12.4 Å². The number of hydrogen-bond donors (Lipinski definition) is 2. The quantitative estimate of drug-likeness (QED) is 0.621. The standard InChI is InChI=1S/C12H12N4O2/c1-2-3-4-5-16-11-8(7-15-16)10(13)9(6-14-11)12(17)18/h1,6-7H,3-5H2,(H2,13,14)(H,17,18). The first-order valence-corrected chi connectivity index (χ1v) is 5.42. The van der Waals surface area contributed by atoms with Gasteiger partial charge < -0.3 is 10.8 Å². The number of nitrogen functional groups attached to an aromatic ring is 1. The van der Waals surface area contributed by atoms with E-state index in [1.54, 1.807) is 4.68 Å². The highest BCUT2D eigenvalue weighted by Gasteiger charge is 2.14. The van der Waals surface area contributed by atoms with Crippen LogP contribution in [-0.4, -0.2) is 25.8 Å². The summed E-state index contributed by atoms with van der Waals surface area (Å²) < 4.78 is 1.68. The van der Waals surface area contributed by atoms with Gasteiger partial charge in [-0.05, 0) is 6.42 Å². The maximum atomic E-state index is 10.9. The Hall–Kier alpha value is -2.55. The van der Waals surface area contributed by atoms with E-state index < -0.39 is 5.97 Å². The molecule has 0 spiro atoms. The Morgan fingerprint density at radius 3 is 3.00 bits per heavy atom. The van der Waals surface area contributed by atoms with Gasteiger partial charge in [0.25, 0.3) is 0 Å².